The quantitative estimate of drug-likeness (QED) is 0.520. The van der Waals surface area contributed by atoms with Crippen molar-refractivity contribution in [1.29, 1.82) is 0 Å². The molecule has 0 spiro atoms. The maximum absolute atomic E-state index is 13.9. The molecule has 2 aromatic carbocycles. The van der Waals surface area contributed by atoms with Crippen LogP contribution in [0.2, 0.25) is 0 Å². The molecule has 0 bridgehead atoms. The molecule has 3 aliphatic heterocycles. The van der Waals surface area contributed by atoms with Gasteiger partial charge < -0.3 is 14.4 Å². The molecule has 3 amide bonds. The highest BCUT2D eigenvalue weighted by molar-refractivity contribution is 6.24. The SMILES string of the molecule is CCOC(=O)[C@@H]1[C@H]2COc3cc(CC)ccc3[C@@H]2N2C(=O)N(c3cccc(F)c3)C(=O)[C@@]12C. The minimum absolute atomic E-state index is 0.133. The predicted octanol–water partition coefficient (Wildman–Crippen LogP) is 3.86. The molecule has 0 saturated carbocycles. The number of ether oxygens (including phenoxy) is 2. The average Bonchev–Trinajstić information content (AvgIpc) is 3.18. The summed E-state index contributed by atoms with van der Waals surface area (Å²) in [5, 5.41) is 0. The van der Waals surface area contributed by atoms with Crippen LogP contribution in [-0.2, 0) is 20.7 Å². The third kappa shape index (κ3) is 2.89. The van der Waals surface area contributed by atoms with Gasteiger partial charge in [0.15, 0.2) is 0 Å². The number of carbonyl (C=O) groups excluding carboxylic acids is 3. The van der Waals surface area contributed by atoms with Crippen LogP contribution in [0.5, 0.6) is 5.75 Å². The Morgan fingerprint density at radius 1 is 1.21 bits per heavy atom. The molecule has 8 heteroatoms. The van der Waals surface area contributed by atoms with E-state index in [1.165, 1.54) is 23.1 Å². The number of esters is 1. The number of urea groups is 1. The van der Waals surface area contributed by atoms with E-state index in [1.54, 1.807) is 13.8 Å². The Morgan fingerprint density at radius 3 is 2.70 bits per heavy atom. The van der Waals surface area contributed by atoms with Gasteiger partial charge in [-0.15, -0.1) is 0 Å². The second-order valence-corrected chi connectivity index (χ2v) is 8.80. The Balaban J connectivity index is 1.68. The zero-order valence-electron chi connectivity index (χ0n) is 18.7. The molecule has 5 rings (SSSR count). The summed E-state index contributed by atoms with van der Waals surface area (Å²) in [5.74, 6) is -2.40. The minimum atomic E-state index is -1.49. The van der Waals surface area contributed by atoms with Crippen LogP contribution in [0.25, 0.3) is 0 Å². The van der Waals surface area contributed by atoms with E-state index in [9.17, 15) is 18.8 Å². The number of carbonyl (C=O) groups is 3. The molecule has 172 valence electrons. The molecular weight excluding hydrogens is 427 g/mol. The fraction of sp³-hybridized carbons (Fsp3) is 0.400. The van der Waals surface area contributed by atoms with Gasteiger partial charge >= 0.3 is 12.0 Å². The number of halogens is 1. The van der Waals surface area contributed by atoms with Crippen molar-refractivity contribution in [1.82, 2.24) is 4.90 Å². The lowest BCUT2D eigenvalue weighted by atomic mass is 9.77. The Morgan fingerprint density at radius 2 is 2.00 bits per heavy atom. The standard InChI is InChI=1S/C25H25FN2O5/c1-4-14-9-10-17-19(11-14)33-13-18-20(22(29)32-5-2)25(3)23(30)27(24(31)28(25)21(17)18)16-8-6-7-15(26)12-16/h6-12,18,20-21H,4-5,13H2,1-3H3/t18-,20+,21+,25-/m1/s1. The van der Waals surface area contributed by atoms with E-state index in [0.29, 0.717) is 5.75 Å². The van der Waals surface area contributed by atoms with Gasteiger partial charge in [0.1, 0.15) is 17.1 Å². The average molecular weight is 452 g/mol. The summed E-state index contributed by atoms with van der Waals surface area (Å²) in [6.07, 6.45) is 0.822. The van der Waals surface area contributed by atoms with E-state index in [2.05, 4.69) is 0 Å². The summed E-state index contributed by atoms with van der Waals surface area (Å²) >= 11 is 0. The topological polar surface area (TPSA) is 76.2 Å². The van der Waals surface area contributed by atoms with Gasteiger partial charge in [-0.05, 0) is 50.1 Å². The molecule has 0 N–H and O–H groups in total. The normalized spacial score (nSPS) is 27.7. The number of anilines is 1. The maximum Gasteiger partial charge on any atom is 0.332 e. The summed E-state index contributed by atoms with van der Waals surface area (Å²) in [4.78, 5) is 43.2. The number of nitrogens with zero attached hydrogens (tertiary/aromatic N) is 2. The molecule has 2 fully saturated rings. The molecule has 0 aliphatic carbocycles. The van der Waals surface area contributed by atoms with Gasteiger partial charge in [-0.1, -0.05) is 25.1 Å². The zero-order valence-corrected chi connectivity index (χ0v) is 18.7. The number of fused-ring (bicyclic) bond motifs is 5. The molecule has 3 heterocycles. The van der Waals surface area contributed by atoms with Crippen LogP contribution in [0.4, 0.5) is 14.9 Å². The Labute approximate surface area is 191 Å². The van der Waals surface area contributed by atoms with Crippen molar-refractivity contribution in [2.24, 2.45) is 11.8 Å². The molecule has 2 aromatic rings. The summed E-state index contributed by atoms with van der Waals surface area (Å²) in [5.41, 5.74) is 0.483. The third-order valence-electron chi connectivity index (χ3n) is 7.09. The molecule has 0 unspecified atom stereocenters. The smallest absolute Gasteiger partial charge is 0.332 e. The van der Waals surface area contributed by atoms with Crippen LogP contribution in [0.1, 0.15) is 37.9 Å². The lowest BCUT2D eigenvalue weighted by Crippen LogP contribution is -2.51. The van der Waals surface area contributed by atoms with Crippen LogP contribution in [0, 0.1) is 17.7 Å². The molecule has 0 aromatic heterocycles. The number of hydrogen-bond donors (Lipinski definition) is 0. The van der Waals surface area contributed by atoms with Gasteiger partial charge in [0.25, 0.3) is 5.91 Å². The van der Waals surface area contributed by atoms with Crippen molar-refractivity contribution in [3.05, 3.63) is 59.4 Å². The van der Waals surface area contributed by atoms with Crippen molar-refractivity contribution in [3.63, 3.8) is 0 Å². The van der Waals surface area contributed by atoms with Crippen molar-refractivity contribution in [3.8, 4) is 5.75 Å². The number of rotatable bonds is 4. The number of aryl methyl sites for hydroxylation is 1. The Kier molecular flexibility index (Phi) is 4.92. The summed E-state index contributed by atoms with van der Waals surface area (Å²) in [6, 6.07) is 10.0. The first kappa shape index (κ1) is 21.4. The van der Waals surface area contributed by atoms with Crippen molar-refractivity contribution in [2.45, 2.75) is 38.8 Å². The van der Waals surface area contributed by atoms with Crippen molar-refractivity contribution >= 4 is 23.6 Å². The van der Waals surface area contributed by atoms with Crippen molar-refractivity contribution in [2.75, 3.05) is 18.1 Å². The number of hydrogen-bond acceptors (Lipinski definition) is 5. The molecule has 2 saturated heterocycles. The lowest BCUT2D eigenvalue weighted by Gasteiger charge is -2.34. The number of benzene rings is 2. The molecule has 0 radical (unpaired) electrons. The summed E-state index contributed by atoms with van der Waals surface area (Å²) in [6.45, 7) is 5.67. The molecule has 4 atom stereocenters. The van der Waals surface area contributed by atoms with Gasteiger partial charge in [-0.25, -0.2) is 14.1 Å². The first-order valence-corrected chi connectivity index (χ1v) is 11.2. The number of amides is 3. The fourth-order valence-corrected chi connectivity index (χ4v) is 5.59. The van der Waals surface area contributed by atoms with E-state index >= 15 is 0 Å². The first-order valence-electron chi connectivity index (χ1n) is 11.2. The van der Waals surface area contributed by atoms with E-state index in [0.717, 1.165) is 28.5 Å². The third-order valence-corrected chi connectivity index (χ3v) is 7.09. The van der Waals surface area contributed by atoms with Crippen LogP contribution in [0.3, 0.4) is 0 Å². The minimum Gasteiger partial charge on any atom is -0.493 e. The van der Waals surface area contributed by atoms with Gasteiger partial charge in [-0.2, -0.15) is 0 Å². The monoisotopic (exact) mass is 452 g/mol. The van der Waals surface area contributed by atoms with E-state index in [4.69, 9.17) is 9.47 Å². The largest absolute Gasteiger partial charge is 0.493 e. The number of imide groups is 1. The molecular formula is C25H25FN2O5. The second kappa shape index (κ2) is 7.57. The highest BCUT2D eigenvalue weighted by atomic mass is 19.1. The molecule has 33 heavy (non-hydrogen) atoms. The highest BCUT2D eigenvalue weighted by Gasteiger charge is 2.72. The first-order chi connectivity index (χ1) is 15.8. The Hall–Kier alpha value is -3.42. The maximum atomic E-state index is 13.9. The van der Waals surface area contributed by atoms with E-state index < -0.39 is 47.1 Å². The van der Waals surface area contributed by atoms with E-state index in [-0.39, 0.29) is 18.9 Å². The summed E-state index contributed by atoms with van der Waals surface area (Å²) < 4.78 is 25.3. The predicted molar refractivity (Wildman–Crippen MR) is 117 cm³/mol. The second-order valence-electron chi connectivity index (χ2n) is 8.80. The van der Waals surface area contributed by atoms with Gasteiger partial charge in [0.2, 0.25) is 0 Å². The lowest BCUT2D eigenvalue weighted by molar-refractivity contribution is -0.154. The zero-order chi connectivity index (χ0) is 23.5. The fourth-order valence-electron chi connectivity index (χ4n) is 5.59. The van der Waals surface area contributed by atoms with Gasteiger partial charge in [0.05, 0.1) is 30.9 Å². The molecule has 7 nitrogen and oxygen atoms in total. The Bertz CT molecular complexity index is 1170. The van der Waals surface area contributed by atoms with Gasteiger partial charge in [-0.3, -0.25) is 9.59 Å². The van der Waals surface area contributed by atoms with Gasteiger partial charge in [0, 0.05) is 11.5 Å². The molecule has 3 aliphatic rings. The van der Waals surface area contributed by atoms with Crippen molar-refractivity contribution < 1.29 is 28.2 Å². The van der Waals surface area contributed by atoms with Crippen LogP contribution >= 0.6 is 0 Å². The van der Waals surface area contributed by atoms with Crippen LogP contribution < -0.4 is 9.64 Å². The van der Waals surface area contributed by atoms with E-state index in [1.807, 2.05) is 25.1 Å². The van der Waals surface area contributed by atoms with Crippen LogP contribution in [-0.4, -0.2) is 41.6 Å². The summed E-state index contributed by atoms with van der Waals surface area (Å²) in [7, 11) is 0. The van der Waals surface area contributed by atoms with Crippen LogP contribution in [0.15, 0.2) is 42.5 Å². The highest BCUT2D eigenvalue weighted by Crippen LogP contribution is 2.58.